The Morgan fingerprint density at radius 2 is 2.22 bits per heavy atom. The van der Waals surface area contributed by atoms with Gasteiger partial charge in [0, 0.05) is 13.1 Å². The summed E-state index contributed by atoms with van der Waals surface area (Å²) in [6, 6.07) is -0.611. The lowest BCUT2D eigenvalue weighted by molar-refractivity contribution is -0.124. The smallest absolute Gasteiger partial charge is 0.238 e. The molecule has 1 fully saturated rings. The molecule has 2 atom stereocenters. The van der Waals surface area contributed by atoms with Crippen molar-refractivity contribution in [2.45, 2.75) is 45.3 Å². The first-order valence-electron chi connectivity index (χ1n) is 6.33. The number of amides is 1. The highest BCUT2D eigenvalue weighted by Crippen LogP contribution is 2.21. The first-order valence-corrected chi connectivity index (χ1v) is 7.94. The number of aliphatic hydroxyl groups is 1. The van der Waals surface area contributed by atoms with Crippen LogP contribution in [0.25, 0.3) is 0 Å². The van der Waals surface area contributed by atoms with Gasteiger partial charge in [-0.05, 0) is 26.2 Å². The van der Waals surface area contributed by atoms with Gasteiger partial charge in [0.05, 0.1) is 11.9 Å². The van der Waals surface area contributed by atoms with Crippen LogP contribution in [-0.4, -0.2) is 54.7 Å². The summed E-state index contributed by atoms with van der Waals surface area (Å²) >= 11 is 0. The van der Waals surface area contributed by atoms with Gasteiger partial charge in [-0.3, -0.25) is 4.79 Å². The third-order valence-corrected chi connectivity index (χ3v) is 4.97. The van der Waals surface area contributed by atoms with Crippen molar-refractivity contribution in [3.8, 4) is 0 Å². The van der Waals surface area contributed by atoms with Gasteiger partial charge in [-0.2, -0.15) is 4.31 Å². The number of nitrogens with one attached hydrogen (secondary N) is 1. The fourth-order valence-corrected chi connectivity index (χ4v) is 3.82. The summed E-state index contributed by atoms with van der Waals surface area (Å²) < 4.78 is 25.3. The molecule has 0 aromatic rings. The number of carbonyl (C=O) groups excluding carboxylic acids is 1. The van der Waals surface area contributed by atoms with Crippen molar-refractivity contribution >= 4 is 15.9 Å². The van der Waals surface area contributed by atoms with E-state index in [0.29, 0.717) is 25.8 Å². The molecule has 0 aliphatic carbocycles. The van der Waals surface area contributed by atoms with Gasteiger partial charge in [-0.15, -0.1) is 0 Å². The van der Waals surface area contributed by atoms with Crippen molar-refractivity contribution in [2.75, 3.05) is 18.8 Å². The molecule has 0 radical (unpaired) electrons. The molecule has 106 valence electrons. The Morgan fingerprint density at radius 3 is 2.78 bits per heavy atom. The zero-order valence-corrected chi connectivity index (χ0v) is 11.7. The van der Waals surface area contributed by atoms with Gasteiger partial charge < -0.3 is 10.4 Å². The lowest BCUT2D eigenvalue weighted by Crippen LogP contribution is -2.47. The van der Waals surface area contributed by atoms with Crippen LogP contribution in [0.3, 0.4) is 0 Å². The molecular formula is C11H22N2O4S. The predicted octanol–water partition coefficient (Wildman–Crippen LogP) is -0.312. The van der Waals surface area contributed by atoms with Crippen LogP contribution in [0.2, 0.25) is 0 Å². The van der Waals surface area contributed by atoms with E-state index < -0.39 is 22.2 Å². The van der Waals surface area contributed by atoms with Gasteiger partial charge >= 0.3 is 0 Å². The molecular weight excluding hydrogens is 256 g/mol. The zero-order chi connectivity index (χ0) is 13.8. The molecule has 1 amide bonds. The maximum absolute atomic E-state index is 12.0. The molecule has 6 nitrogen and oxygen atoms in total. The van der Waals surface area contributed by atoms with Crippen molar-refractivity contribution in [2.24, 2.45) is 0 Å². The monoisotopic (exact) mass is 278 g/mol. The van der Waals surface area contributed by atoms with E-state index in [0.717, 1.165) is 0 Å². The minimum atomic E-state index is -3.33. The van der Waals surface area contributed by atoms with Crippen molar-refractivity contribution in [1.29, 1.82) is 0 Å². The first-order chi connectivity index (χ1) is 8.38. The quantitative estimate of drug-likeness (QED) is 0.697. The normalized spacial score (nSPS) is 22.9. The van der Waals surface area contributed by atoms with E-state index in [1.807, 2.05) is 0 Å². The second-order valence-electron chi connectivity index (χ2n) is 4.68. The SMILES string of the molecule is CCCS(=O)(=O)N1CCCC1C(=O)NC[C@H](C)O. The minimum Gasteiger partial charge on any atom is -0.392 e. The van der Waals surface area contributed by atoms with E-state index in [9.17, 15) is 13.2 Å². The van der Waals surface area contributed by atoms with Crippen LogP contribution in [0.1, 0.15) is 33.1 Å². The summed E-state index contributed by atoms with van der Waals surface area (Å²) in [7, 11) is -3.33. The van der Waals surface area contributed by atoms with Gasteiger partial charge in [-0.1, -0.05) is 6.92 Å². The molecule has 1 aliphatic heterocycles. The standard InChI is InChI=1S/C11H22N2O4S/c1-3-7-18(16,17)13-6-4-5-10(13)11(15)12-8-9(2)14/h9-10,14H,3-8H2,1-2H3,(H,12,15)/t9-,10?/m0/s1. The molecule has 2 N–H and O–H groups in total. The molecule has 7 heteroatoms. The summed E-state index contributed by atoms with van der Waals surface area (Å²) in [6.07, 6.45) is 1.17. The van der Waals surface area contributed by atoms with Gasteiger partial charge in [0.2, 0.25) is 15.9 Å². The number of carbonyl (C=O) groups is 1. The van der Waals surface area contributed by atoms with E-state index >= 15 is 0 Å². The predicted molar refractivity (Wildman–Crippen MR) is 68.5 cm³/mol. The van der Waals surface area contributed by atoms with Crippen molar-refractivity contribution in [1.82, 2.24) is 9.62 Å². The van der Waals surface area contributed by atoms with Crippen molar-refractivity contribution in [3.63, 3.8) is 0 Å². The fourth-order valence-electron chi connectivity index (χ4n) is 2.08. The highest BCUT2D eigenvalue weighted by atomic mass is 32.2. The maximum Gasteiger partial charge on any atom is 0.238 e. The summed E-state index contributed by atoms with van der Waals surface area (Å²) in [5.41, 5.74) is 0. The highest BCUT2D eigenvalue weighted by molar-refractivity contribution is 7.89. The van der Waals surface area contributed by atoms with Crippen LogP contribution < -0.4 is 5.32 Å². The third kappa shape index (κ3) is 3.93. The number of rotatable bonds is 6. The van der Waals surface area contributed by atoms with Crippen molar-refractivity contribution < 1.29 is 18.3 Å². The average molecular weight is 278 g/mol. The molecule has 0 bridgehead atoms. The minimum absolute atomic E-state index is 0.0766. The number of hydrogen-bond acceptors (Lipinski definition) is 4. The number of aliphatic hydroxyl groups excluding tert-OH is 1. The van der Waals surface area contributed by atoms with E-state index in [1.54, 1.807) is 13.8 Å². The Kier molecular flexibility index (Phi) is 5.55. The maximum atomic E-state index is 12.0. The van der Waals surface area contributed by atoms with E-state index in [2.05, 4.69) is 5.32 Å². The lowest BCUT2D eigenvalue weighted by atomic mass is 10.2. The van der Waals surface area contributed by atoms with Crippen molar-refractivity contribution in [3.05, 3.63) is 0 Å². The summed E-state index contributed by atoms with van der Waals surface area (Å²) in [6.45, 7) is 3.93. The van der Waals surface area contributed by atoms with E-state index in [4.69, 9.17) is 5.11 Å². The summed E-state index contributed by atoms with van der Waals surface area (Å²) in [5, 5.41) is 11.7. The van der Waals surface area contributed by atoms with Gasteiger partial charge in [0.25, 0.3) is 0 Å². The Labute approximate surface area is 108 Å². The van der Waals surface area contributed by atoms with Crippen LogP contribution in [-0.2, 0) is 14.8 Å². The Bertz CT molecular complexity index is 381. The summed E-state index contributed by atoms with van der Waals surface area (Å²) in [5.74, 6) is -0.235. The highest BCUT2D eigenvalue weighted by Gasteiger charge is 2.37. The molecule has 0 aromatic carbocycles. The molecule has 1 saturated heterocycles. The lowest BCUT2D eigenvalue weighted by Gasteiger charge is -2.23. The van der Waals surface area contributed by atoms with Crippen LogP contribution >= 0.6 is 0 Å². The number of sulfonamides is 1. The average Bonchev–Trinajstić information content (AvgIpc) is 2.75. The molecule has 1 aliphatic rings. The molecule has 18 heavy (non-hydrogen) atoms. The molecule has 1 heterocycles. The molecule has 0 aromatic heterocycles. The number of hydrogen-bond donors (Lipinski definition) is 2. The van der Waals surface area contributed by atoms with Gasteiger partial charge in [0.15, 0.2) is 0 Å². The second kappa shape index (κ2) is 6.49. The van der Waals surface area contributed by atoms with Crippen LogP contribution in [0, 0.1) is 0 Å². The van der Waals surface area contributed by atoms with Gasteiger partial charge in [-0.25, -0.2) is 8.42 Å². The Hall–Kier alpha value is -0.660. The topological polar surface area (TPSA) is 86.7 Å². The van der Waals surface area contributed by atoms with Crippen LogP contribution in [0.15, 0.2) is 0 Å². The largest absolute Gasteiger partial charge is 0.392 e. The zero-order valence-electron chi connectivity index (χ0n) is 10.9. The van der Waals surface area contributed by atoms with E-state index in [1.165, 1.54) is 4.31 Å². The molecule has 1 rings (SSSR count). The summed E-state index contributed by atoms with van der Waals surface area (Å²) in [4.78, 5) is 11.9. The fraction of sp³-hybridized carbons (Fsp3) is 0.909. The van der Waals surface area contributed by atoms with Crippen LogP contribution in [0.5, 0.6) is 0 Å². The number of nitrogens with zero attached hydrogens (tertiary/aromatic N) is 1. The molecule has 0 saturated carbocycles. The first kappa shape index (κ1) is 15.4. The second-order valence-corrected chi connectivity index (χ2v) is 6.72. The molecule has 1 unspecified atom stereocenters. The van der Waals surface area contributed by atoms with Gasteiger partial charge in [0.1, 0.15) is 6.04 Å². The Morgan fingerprint density at radius 1 is 1.56 bits per heavy atom. The molecule has 0 spiro atoms. The Balaban J connectivity index is 2.67. The van der Waals surface area contributed by atoms with E-state index in [-0.39, 0.29) is 18.2 Å². The third-order valence-electron chi connectivity index (χ3n) is 2.90. The van der Waals surface area contributed by atoms with Crippen LogP contribution in [0.4, 0.5) is 0 Å².